The van der Waals surface area contributed by atoms with Crippen LogP contribution in [0.5, 0.6) is 0 Å². The molecule has 5 heteroatoms. The summed E-state index contributed by atoms with van der Waals surface area (Å²) in [5.74, 6) is -0.0514. The molecular formula is C8H8N2O2S. The van der Waals surface area contributed by atoms with E-state index in [1.165, 1.54) is 12.3 Å². The van der Waals surface area contributed by atoms with E-state index in [0.717, 1.165) is 6.26 Å². The van der Waals surface area contributed by atoms with E-state index in [4.69, 9.17) is 5.26 Å². The fraction of sp³-hybridized carbons (Fsp3) is 0.250. The van der Waals surface area contributed by atoms with Crippen molar-refractivity contribution in [1.29, 1.82) is 5.26 Å². The first-order valence-electron chi connectivity index (χ1n) is 3.54. The van der Waals surface area contributed by atoms with Gasteiger partial charge in [-0.05, 0) is 17.7 Å². The molecule has 0 unspecified atom stereocenters. The number of sulfone groups is 1. The highest BCUT2D eigenvalue weighted by Gasteiger charge is 2.04. The van der Waals surface area contributed by atoms with Gasteiger partial charge in [0.1, 0.15) is 11.8 Å². The van der Waals surface area contributed by atoms with E-state index in [0.29, 0.717) is 5.56 Å². The third-order valence-electron chi connectivity index (χ3n) is 1.37. The van der Waals surface area contributed by atoms with Gasteiger partial charge in [-0.2, -0.15) is 5.26 Å². The summed E-state index contributed by atoms with van der Waals surface area (Å²) in [7, 11) is -3.04. The van der Waals surface area contributed by atoms with Gasteiger partial charge in [-0.3, -0.25) is 0 Å². The average molecular weight is 196 g/mol. The predicted octanol–water partition coefficient (Wildman–Crippen LogP) is 0.498. The van der Waals surface area contributed by atoms with Crippen LogP contribution in [0.1, 0.15) is 11.3 Å². The molecule has 1 heterocycles. The van der Waals surface area contributed by atoms with Crippen LogP contribution in [0.15, 0.2) is 18.3 Å². The van der Waals surface area contributed by atoms with E-state index < -0.39 is 9.84 Å². The first-order chi connectivity index (χ1) is 6.01. The van der Waals surface area contributed by atoms with Gasteiger partial charge in [-0.15, -0.1) is 0 Å². The normalized spacial score (nSPS) is 10.8. The molecule has 0 spiro atoms. The molecular weight excluding hydrogens is 188 g/mol. The zero-order valence-corrected chi connectivity index (χ0v) is 7.87. The van der Waals surface area contributed by atoms with E-state index >= 15 is 0 Å². The van der Waals surface area contributed by atoms with Crippen molar-refractivity contribution in [2.75, 3.05) is 6.26 Å². The van der Waals surface area contributed by atoms with Crippen molar-refractivity contribution in [2.24, 2.45) is 0 Å². The molecule has 1 rings (SSSR count). The molecule has 0 N–H and O–H groups in total. The molecule has 0 aliphatic rings. The minimum atomic E-state index is -3.04. The monoisotopic (exact) mass is 196 g/mol. The highest BCUT2D eigenvalue weighted by Crippen LogP contribution is 2.05. The van der Waals surface area contributed by atoms with Crippen molar-refractivity contribution in [3.63, 3.8) is 0 Å². The van der Waals surface area contributed by atoms with Crippen LogP contribution < -0.4 is 0 Å². The Morgan fingerprint density at radius 1 is 1.62 bits per heavy atom. The van der Waals surface area contributed by atoms with E-state index in [9.17, 15) is 8.42 Å². The molecule has 13 heavy (non-hydrogen) atoms. The number of hydrogen-bond acceptors (Lipinski definition) is 4. The maximum Gasteiger partial charge on any atom is 0.151 e. The summed E-state index contributed by atoms with van der Waals surface area (Å²) in [6.45, 7) is 0. The molecule has 0 fully saturated rings. The Labute approximate surface area is 76.8 Å². The topological polar surface area (TPSA) is 70.8 Å². The van der Waals surface area contributed by atoms with Crippen LogP contribution in [0.4, 0.5) is 0 Å². The number of aromatic nitrogens is 1. The molecule has 0 saturated carbocycles. The number of nitrogens with zero attached hydrogens (tertiary/aromatic N) is 2. The molecule has 1 aromatic rings. The molecule has 0 bridgehead atoms. The Hall–Kier alpha value is -1.41. The summed E-state index contributed by atoms with van der Waals surface area (Å²) in [4.78, 5) is 3.73. The zero-order valence-electron chi connectivity index (χ0n) is 7.06. The molecule has 0 aliphatic heterocycles. The minimum absolute atomic E-state index is 0.0514. The van der Waals surface area contributed by atoms with E-state index in [1.807, 2.05) is 6.07 Å². The quantitative estimate of drug-likeness (QED) is 0.690. The van der Waals surface area contributed by atoms with Crippen molar-refractivity contribution in [3.8, 4) is 6.07 Å². The van der Waals surface area contributed by atoms with Gasteiger partial charge in [0.05, 0.1) is 5.75 Å². The minimum Gasteiger partial charge on any atom is -0.246 e. The molecule has 1 aromatic heterocycles. The highest BCUT2D eigenvalue weighted by atomic mass is 32.2. The van der Waals surface area contributed by atoms with Gasteiger partial charge in [0, 0.05) is 12.5 Å². The standard InChI is InChI=1S/C8H8N2O2S/c1-13(11,12)6-7-2-3-10-8(4-7)5-9/h2-4H,6H2,1H3. The second-order valence-corrected chi connectivity index (χ2v) is 4.87. The lowest BCUT2D eigenvalue weighted by molar-refractivity contribution is 0.601. The van der Waals surface area contributed by atoms with Gasteiger partial charge in [0.15, 0.2) is 9.84 Å². The van der Waals surface area contributed by atoms with Gasteiger partial charge in [0.2, 0.25) is 0 Å². The Bertz CT molecular complexity index is 445. The van der Waals surface area contributed by atoms with E-state index in [1.54, 1.807) is 6.07 Å². The molecule has 0 amide bonds. The van der Waals surface area contributed by atoms with Gasteiger partial charge in [-0.25, -0.2) is 13.4 Å². The lowest BCUT2D eigenvalue weighted by Gasteiger charge is -1.97. The molecule has 68 valence electrons. The summed E-state index contributed by atoms with van der Waals surface area (Å²) in [6.07, 6.45) is 2.58. The fourth-order valence-electron chi connectivity index (χ4n) is 0.928. The van der Waals surface area contributed by atoms with Crippen LogP contribution in [-0.4, -0.2) is 19.7 Å². The third-order valence-corrected chi connectivity index (χ3v) is 2.23. The van der Waals surface area contributed by atoms with Gasteiger partial charge < -0.3 is 0 Å². The number of pyridine rings is 1. The Morgan fingerprint density at radius 2 is 2.31 bits per heavy atom. The smallest absolute Gasteiger partial charge is 0.151 e. The SMILES string of the molecule is CS(=O)(=O)Cc1ccnc(C#N)c1. The highest BCUT2D eigenvalue weighted by molar-refractivity contribution is 7.89. The first-order valence-corrected chi connectivity index (χ1v) is 5.60. The molecule has 0 radical (unpaired) electrons. The number of hydrogen-bond donors (Lipinski definition) is 0. The second kappa shape index (κ2) is 3.54. The van der Waals surface area contributed by atoms with Crippen molar-refractivity contribution < 1.29 is 8.42 Å². The number of nitriles is 1. The summed E-state index contributed by atoms with van der Waals surface area (Å²) >= 11 is 0. The van der Waals surface area contributed by atoms with Crippen molar-refractivity contribution in [3.05, 3.63) is 29.6 Å². The summed E-state index contributed by atoms with van der Waals surface area (Å²) in [5, 5.41) is 8.50. The van der Waals surface area contributed by atoms with Gasteiger partial charge >= 0.3 is 0 Å². The Morgan fingerprint density at radius 3 is 2.85 bits per heavy atom. The van der Waals surface area contributed by atoms with Crippen LogP contribution in [-0.2, 0) is 15.6 Å². The average Bonchev–Trinajstić information content (AvgIpc) is 2.01. The summed E-state index contributed by atoms with van der Waals surface area (Å²) in [5.41, 5.74) is 0.829. The Kier molecular flexibility index (Phi) is 2.63. The van der Waals surface area contributed by atoms with Crippen molar-refractivity contribution in [1.82, 2.24) is 4.98 Å². The second-order valence-electron chi connectivity index (χ2n) is 2.73. The van der Waals surface area contributed by atoms with Gasteiger partial charge in [-0.1, -0.05) is 0 Å². The predicted molar refractivity (Wildman–Crippen MR) is 47.5 cm³/mol. The fourth-order valence-corrected chi connectivity index (χ4v) is 1.71. The first kappa shape index (κ1) is 9.68. The molecule has 0 atom stereocenters. The lowest BCUT2D eigenvalue weighted by Crippen LogP contribution is -2.01. The maximum absolute atomic E-state index is 10.9. The van der Waals surface area contributed by atoms with Crippen LogP contribution >= 0.6 is 0 Å². The van der Waals surface area contributed by atoms with Crippen molar-refractivity contribution in [2.45, 2.75) is 5.75 Å². The summed E-state index contributed by atoms with van der Waals surface area (Å²) in [6, 6.07) is 4.91. The van der Waals surface area contributed by atoms with Crippen LogP contribution in [0.2, 0.25) is 0 Å². The largest absolute Gasteiger partial charge is 0.246 e. The summed E-state index contributed by atoms with van der Waals surface area (Å²) < 4.78 is 21.8. The van der Waals surface area contributed by atoms with Crippen LogP contribution in [0.3, 0.4) is 0 Å². The Balaban J connectivity index is 2.99. The molecule has 0 aliphatic carbocycles. The van der Waals surface area contributed by atoms with E-state index in [2.05, 4.69) is 4.98 Å². The van der Waals surface area contributed by atoms with Crippen LogP contribution in [0.25, 0.3) is 0 Å². The lowest BCUT2D eigenvalue weighted by atomic mass is 10.2. The molecule has 0 aromatic carbocycles. The van der Waals surface area contributed by atoms with E-state index in [-0.39, 0.29) is 11.4 Å². The number of rotatable bonds is 2. The molecule has 0 saturated heterocycles. The van der Waals surface area contributed by atoms with Crippen molar-refractivity contribution >= 4 is 9.84 Å². The molecule has 4 nitrogen and oxygen atoms in total. The third kappa shape index (κ3) is 3.22. The zero-order chi connectivity index (χ0) is 9.90. The maximum atomic E-state index is 10.9. The van der Waals surface area contributed by atoms with Crippen LogP contribution in [0, 0.1) is 11.3 Å². The van der Waals surface area contributed by atoms with Gasteiger partial charge in [0.25, 0.3) is 0 Å².